The molecule has 0 aliphatic carbocycles. The van der Waals surface area contributed by atoms with Crippen LogP contribution in [0, 0.1) is 0 Å². The molecule has 146 valence electrons. The number of carbonyl (C=O) groups excluding carboxylic acids is 2. The van der Waals surface area contributed by atoms with Crippen molar-refractivity contribution < 1.29 is 14.0 Å². The Morgan fingerprint density at radius 3 is 2.48 bits per heavy atom. The quantitative estimate of drug-likeness (QED) is 0.385. The van der Waals surface area contributed by atoms with Crippen molar-refractivity contribution in [2.75, 3.05) is 0 Å². The number of thioether (sulfide) groups is 1. The minimum absolute atomic E-state index is 0.113. The highest BCUT2D eigenvalue weighted by atomic mass is 35.5. The highest BCUT2D eigenvalue weighted by Gasteiger charge is 2.35. The lowest BCUT2D eigenvalue weighted by Crippen LogP contribution is -2.27. The Bertz CT molecular complexity index is 1160. The molecule has 0 atom stereocenters. The molecule has 29 heavy (non-hydrogen) atoms. The van der Waals surface area contributed by atoms with Gasteiger partial charge in [-0.3, -0.25) is 14.5 Å². The molecule has 8 heteroatoms. The first-order valence-electron chi connectivity index (χ1n) is 8.46. The number of hydrogen-bond acceptors (Lipinski definition) is 4. The maximum atomic E-state index is 12.7. The zero-order valence-electron chi connectivity index (χ0n) is 14.7. The molecule has 3 aromatic rings. The van der Waals surface area contributed by atoms with Crippen LogP contribution in [-0.4, -0.2) is 16.0 Å². The fourth-order valence-corrected chi connectivity index (χ4v) is 4.19. The van der Waals surface area contributed by atoms with Crippen LogP contribution in [0.4, 0.5) is 4.79 Å². The Morgan fingerprint density at radius 2 is 1.72 bits per heavy atom. The molecular formula is C21H12Cl3NO3S. The van der Waals surface area contributed by atoms with Crippen molar-refractivity contribution in [2.45, 2.75) is 6.54 Å². The van der Waals surface area contributed by atoms with Crippen LogP contribution >= 0.6 is 46.6 Å². The maximum Gasteiger partial charge on any atom is 0.293 e. The molecule has 0 radical (unpaired) electrons. The number of furan rings is 1. The summed E-state index contributed by atoms with van der Waals surface area (Å²) in [7, 11) is 0. The molecule has 1 fully saturated rings. The SMILES string of the molecule is O=C1S/C(=C\c2ccc(-c3ccccc3Cl)o2)C(=O)N1Cc1ccc(Cl)c(Cl)c1. The van der Waals surface area contributed by atoms with Gasteiger partial charge in [-0.25, -0.2) is 0 Å². The van der Waals surface area contributed by atoms with Crippen LogP contribution in [0.1, 0.15) is 11.3 Å². The Balaban J connectivity index is 1.55. The van der Waals surface area contributed by atoms with E-state index in [1.54, 1.807) is 42.5 Å². The van der Waals surface area contributed by atoms with E-state index in [4.69, 9.17) is 39.2 Å². The predicted octanol–water partition coefficient (Wildman–Crippen LogP) is 7.14. The average Bonchev–Trinajstić information content (AvgIpc) is 3.25. The van der Waals surface area contributed by atoms with Crippen molar-refractivity contribution in [3.63, 3.8) is 0 Å². The summed E-state index contributed by atoms with van der Waals surface area (Å²) in [5.41, 5.74) is 1.46. The molecule has 2 aromatic carbocycles. The van der Waals surface area contributed by atoms with Gasteiger partial charge in [0.1, 0.15) is 11.5 Å². The fourth-order valence-electron chi connectivity index (χ4n) is 2.82. The first-order valence-corrected chi connectivity index (χ1v) is 10.4. The second-order valence-electron chi connectivity index (χ2n) is 6.20. The van der Waals surface area contributed by atoms with Crippen molar-refractivity contribution in [3.05, 3.63) is 85.9 Å². The van der Waals surface area contributed by atoms with Crippen LogP contribution in [0.25, 0.3) is 17.4 Å². The smallest absolute Gasteiger partial charge is 0.293 e. The van der Waals surface area contributed by atoms with Gasteiger partial charge in [-0.05, 0) is 53.7 Å². The minimum Gasteiger partial charge on any atom is -0.457 e. The topological polar surface area (TPSA) is 50.5 Å². The molecule has 1 aromatic heterocycles. The third kappa shape index (κ3) is 4.23. The van der Waals surface area contributed by atoms with Crippen LogP contribution in [0.3, 0.4) is 0 Å². The summed E-state index contributed by atoms with van der Waals surface area (Å²) in [6.07, 6.45) is 1.56. The van der Waals surface area contributed by atoms with Crippen LogP contribution in [0.5, 0.6) is 0 Å². The monoisotopic (exact) mass is 463 g/mol. The van der Waals surface area contributed by atoms with Gasteiger partial charge >= 0.3 is 0 Å². The normalized spacial score (nSPS) is 15.6. The van der Waals surface area contributed by atoms with Crippen molar-refractivity contribution in [2.24, 2.45) is 0 Å². The lowest BCUT2D eigenvalue weighted by Gasteiger charge is -2.12. The number of halogens is 3. The molecule has 0 saturated carbocycles. The Morgan fingerprint density at radius 1 is 0.931 bits per heavy atom. The third-order valence-electron chi connectivity index (χ3n) is 4.24. The lowest BCUT2D eigenvalue weighted by molar-refractivity contribution is -0.123. The van der Waals surface area contributed by atoms with Crippen molar-refractivity contribution in [1.82, 2.24) is 4.90 Å². The average molecular weight is 465 g/mol. The highest BCUT2D eigenvalue weighted by molar-refractivity contribution is 8.18. The van der Waals surface area contributed by atoms with E-state index in [0.717, 1.165) is 22.2 Å². The summed E-state index contributed by atoms with van der Waals surface area (Å²) in [6.45, 7) is 0.113. The molecule has 1 saturated heterocycles. The maximum absolute atomic E-state index is 12.7. The van der Waals surface area contributed by atoms with Gasteiger partial charge in [0.25, 0.3) is 11.1 Å². The minimum atomic E-state index is -0.387. The molecule has 4 nitrogen and oxygen atoms in total. The second kappa shape index (κ2) is 8.28. The predicted molar refractivity (Wildman–Crippen MR) is 117 cm³/mol. The second-order valence-corrected chi connectivity index (χ2v) is 8.41. The van der Waals surface area contributed by atoms with E-state index >= 15 is 0 Å². The standard InChI is InChI=1S/C21H12Cl3NO3S/c22-15-4-2-1-3-14(15)18-8-6-13(28-18)10-19-20(26)25(21(27)29-19)11-12-5-7-16(23)17(24)9-12/h1-10H,11H2/b19-10-. The molecule has 0 spiro atoms. The molecule has 1 aliphatic heterocycles. The number of carbonyl (C=O) groups is 2. The van der Waals surface area contributed by atoms with E-state index in [1.807, 2.05) is 18.2 Å². The Kier molecular flexibility index (Phi) is 5.74. The molecule has 4 rings (SSSR count). The summed E-state index contributed by atoms with van der Waals surface area (Å²) in [5.74, 6) is 0.651. The van der Waals surface area contributed by atoms with Gasteiger partial charge < -0.3 is 4.42 Å². The van der Waals surface area contributed by atoms with Crippen molar-refractivity contribution in [1.29, 1.82) is 0 Å². The van der Waals surface area contributed by atoms with E-state index in [-0.39, 0.29) is 22.6 Å². The highest BCUT2D eigenvalue weighted by Crippen LogP contribution is 2.35. The molecular weight excluding hydrogens is 453 g/mol. The summed E-state index contributed by atoms with van der Waals surface area (Å²) in [4.78, 5) is 26.5. The Hall–Kier alpha value is -2.18. The van der Waals surface area contributed by atoms with E-state index in [0.29, 0.717) is 32.2 Å². The fraction of sp³-hybridized carbons (Fsp3) is 0.0476. The molecule has 1 aliphatic rings. The number of hydrogen-bond donors (Lipinski definition) is 0. The number of imide groups is 1. The number of nitrogens with zero attached hydrogens (tertiary/aromatic N) is 1. The van der Waals surface area contributed by atoms with E-state index in [2.05, 4.69) is 0 Å². The van der Waals surface area contributed by atoms with Crippen molar-refractivity contribution >= 4 is 63.8 Å². The van der Waals surface area contributed by atoms with E-state index in [1.165, 1.54) is 0 Å². The van der Waals surface area contributed by atoms with Gasteiger partial charge in [-0.15, -0.1) is 0 Å². The van der Waals surface area contributed by atoms with Gasteiger partial charge in [0.2, 0.25) is 0 Å². The van der Waals surface area contributed by atoms with Gasteiger partial charge in [-0.2, -0.15) is 0 Å². The number of amides is 2. The molecule has 0 N–H and O–H groups in total. The molecule has 0 bridgehead atoms. The number of rotatable bonds is 4. The molecule has 2 heterocycles. The first-order chi connectivity index (χ1) is 13.9. The van der Waals surface area contributed by atoms with Crippen LogP contribution in [0.15, 0.2) is 63.9 Å². The lowest BCUT2D eigenvalue weighted by atomic mass is 10.2. The zero-order valence-corrected chi connectivity index (χ0v) is 17.8. The first kappa shape index (κ1) is 20.1. The summed E-state index contributed by atoms with van der Waals surface area (Å²) >= 11 is 19.0. The van der Waals surface area contributed by atoms with Gasteiger partial charge in [-0.1, -0.05) is 53.0 Å². The van der Waals surface area contributed by atoms with Gasteiger partial charge in [0.05, 0.1) is 26.5 Å². The van der Waals surface area contributed by atoms with Gasteiger partial charge in [0.15, 0.2) is 0 Å². The zero-order chi connectivity index (χ0) is 20.5. The van der Waals surface area contributed by atoms with Crippen LogP contribution in [-0.2, 0) is 11.3 Å². The largest absolute Gasteiger partial charge is 0.457 e. The summed E-state index contributed by atoms with van der Waals surface area (Å²) in [6, 6.07) is 15.8. The number of benzene rings is 2. The third-order valence-corrected chi connectivity index (χ3v) is 6.21. The van der Waals surface area contributed by atoms with Crippen molar-refractivity contribution in [3.8, 4) is 11.3 Å². The molecule has 2 amide bonds. The van der Waals surface area contributed by atoms with E-state index in [9.17, 15) is 9.59 Å². The van der Waals surface area contributed by atoms with E-state index < -0.39 is 0 Å². The summed E-state index contributed by atoms with van der Waals surface area (Å²) < 4.78 is 5.79. The Labute approximate surface area is 186 Å². The van der Waals surface area contributed by atoms with Crippen LogP contribution < -0.4 is 0 Å². The van der Waals surface area contributed by atoms with Crippen LogP contribution in [0.2, 0.25) is 15.1 Å². The van der Waals surface area contributed by atoms with Gasteiger partial charge in [0, 0.05) is 11.6 Å². The molecule has 0 unspecified atom stereocenters. The summed E-state index contributed by atoms with van der Waals surface area (Å²) in [5, 5.41) is 0.992.